The Balaban J connectivity index is 1.32. The van der Waals surface area contributed by atoms with Crippen LogP contribution >= 0.6 is 0 Å². The molecule has 0 aliphatic carbocycles. The molecule has 4 heterocycles. The van der Waals surface area contributed by atoms with Crippen molar-refractivity contribution < 1.29 is 19.1 Å². The summed E-state index contributed by atoms with van der Waals surface area (Å²) in [5, 5.41) is 3.69. The quantitative estimate of drug-likeness (QED) is 0.588. The number of nitrogens with zero attached hydrogens (tertiary/aromatic N) is 5. The van der Waals surface area contributed by atoms with Crippen LogP contribution in [0.2, 0.25) is 0 Å². The average molecular weight is 515 g/mol. The minimum Gasteiger partial charge on any atom is -0.444 e. The van der Waals surface area contributed by atoms with Gasteiger partial charge in [0, 0.05) is 43.8 Å². The van der Waals surface area contributed by atoms with Crippen LogP contribution in [0.1, 0.15) is 85.4 Å². The van der Waals surface area contributed by atoms with E-state index < -0.39 is 5.60 Å². The number of fused-ring (bicyclic) bond motifs is 1. The molecule has 0 bridgehead atoms. The predicted octanol–water partition coefficient (Wildman–Crippen LogP) is 5.16. The Morgan fingerprint density at radius 2 is 1.70 bits per heavy atom. The molecule has 2 saturated heterocycles. The van der Waals surface area contributed by atoms with Crippen molar-refractivity contribution in [1.82, 2.24) is 24.3 Å². The maximum absolute atomic E-state index is 12.8. The van der Waals surface area contributed by atoms with E-state index in [0.29, 0.717) is 38.5 Å². The van der Waals surface area contributed by atoms with Crippen molar-refractivity contribution in [2.75, 3.05) is 31.5 Å². The van der Waals surface area contributed by atoms with Gasteiger partial charge in [0.15, 0.2) is 5.65 Å². The van der Waals surface area contributed by atoms with Gasteiger partial charge in [-0.15, -0.1) is 0 Å². The molecule has 4 rings (SSSR count). The van der Waals surface area contributed by atoms with Crippen molar-refractivity contribution in [3.05, 3.63) is 18.1 Å². The van der Waals surface area contributed by atoms with Gasteiger partial charge in [0.2, 0.25) is 0 Å². The SMILES string of the molecule is CC(C)c1cc(NC2CCN(C(=O)O[C@H]3CCN(C(=O)OC(C)(C)C)C3)CC2)c2ncn(C(C)C)c2n1. The van der Waals surface area contributed by atoms with E-state index in [1.807, 2.05) is 27.1 Å². The van der Waals surface area contributed by atoms with Gasteiger partial charge in [-0.1, -0.05) is 13.8 Å². The first kappa shape index (κ1) is 27.0. The van der Waals surface area contributed by atoms with Crippen LogP contribution in [0.3, 0.4) is 0 Å². The third-order valence-electron chi connectivity index (χ3n) is 6.87. The Kier molecular flexibility index (Phi) is 7.85. The fourth-order valence-corrected chi connectivity index (χ4v) is 4.77. The summed E-state index contributed by atoms with van der Waals surface area (Å²) in [5.74, 6) is 0.305. The zero-order valence-electron chi connectivity index (χ0n) is 23.3. The number of carbonyl (C=O) groups excluding carboxylic acids is 2. The Morgan fingerprint density at radius 3 is 2.32 bits per heavy atom. The second-order valence-corrected chi connectivity index (χ2v) is 11.8. The maximum Gasteiger partial charge on any atom is 0.410 e. The first-order chi connectivity index (χ1) is 17.4. The third-order valence-corrected chi connectivity index (χ3v) is 6.87. The highest BCUT2D eigenvalue weighted by molar-refractivity contribution is 5.86. The number of hydrogen-bond donors (Lipinski definition) is 1. The molecule has 0 saturated carbocycles. The smallest absolute Gasteiger partial charge is 0.410 e. The lowest BCUT2D eigenvalue weighted by Crippen LogP contribution is -2.44. The summed E-state index contributed by atoms with van der Waals surface area (Å²) >= 11 is 0. The topological polar surface area (TPSA) is 102 Å². The average Bonchev–Trinajstić information content (AvgIpc) is 3.45. The molecule has 0 spiro atoms. The van der Waals surface area contributed by atoms with Crippen LogP contribution in [0, 0.1) is 0 Å². The summed E-state index contributed by atoms with van der Waals surface area (Å²) in [5.41, 5.74) is 3.28. The number of rotatable bonds is 5. The van der Waals surface area contributed by atoms with Gasteiger partial charge in [-0.25, -0.2) is 19.6 Å². The molecule has 2 aliphatic heterocycles. The second-order valence-electron chi connectivity index (χ2n) is 11.8. The number of ether oxygens (including phenoxy) is 2. The van der Waals surface area contributed by atoms with E-state index in [9.17, 15) is 9.59 Å². The highest BCUT2D eigenvalue weighted by Crippen LogP contribution is 2.29. The molecular weight excluding hydrogens is 472 g/mol. The lowest BCUT2D eigenvalue weighted by atomic mass is 10.0. The first-order valence-corrected chi connectivity index (χ1v) is 13.5. The monoisotopic (exact) mass is 514 g/mol. The lowest BCUT2D eigenvalue weighted by Gasteiger charge is -2.33. The van der Waals surface area contributed by atoms with Crippen molar-refractivity contribution >= 4 is 29.0 Å². The van der Waals surface area contributed by atoms with Crippen LogP contribution in [0.25, 0.3) is 11.2 Å². The molecular formula is C27H42N6O4. The highest BCUT2D eigenvalue weighted by atomic mass is 16.6. The van der Waals surface area contributed by atoms with Gasteiger partial charge in [0.05, 0.1) is 18.6 Å². The number of anilines is 1. The normalized spacial score (nSPS) is 19.2. The first-order valence-electron chi connectivity index (χ1n) is 13.5. The van der Waals surface area contributed by atoms with Gasteiger partial charge in [0.25, 0.3) is 0 Å². The number of likely N-dealkylation sites (tertiary alicyclic amines) is 2. The summed E-state index contributed by atoms with van der Waals surface area (Å²) in [7, 11) is 0. The van der Waals surface area contributed by atoms with Crippen LogP contribution in [0.4, 0.5) is 15.3 Å². The third kappa shape index (κ3) is 6.45. The van der Waals surface area contributed by atoms with Gasteiger partial charge in [-0.05, 0) is 59.4 Å². The Labute approximate surface area is 219 Å². The number of imidazole rings is 1. The van der Waals surface area contributed by atoms with Crippen molar-refractivity contribution in [2.45, 2.75) is 97.4 Å². The standard InChI is InChI=1S/C27H42N6O4/c1-17(2)21-14-22(23-24(30-21)33(16-28-23)18(3)4)29-19-8-11-31(12-9-19)25(34)36-20-10-13-32(15-20)26(35)37-27(5,6)7/h14,16-20H,8-13,15H2,1-7H3,(H,29,30)/t20-/m0/s1. The van der Waals surface area contributed by atoms with Crippen LogP contribution in [0.5, 0.6) is 0 Å². The number of amides is 2. The molecule has 1 atom stereocenters. The molecule has 0 unspecified atom stereocenters. The van der Waals surface area contributed by atoms with Gasteiger partial charge in [-0.3, -0.25) is 0 Å². The molecule has 0 aromatic carbocycles. The molecule has 37 heavy (non-hydrogen) atoms. The van der Waals surface area contributed by atoms with Crippen molar-refractivity contribution in [3.63, 3.8) is 0 Å². The molecule has 2 aromatic heterocycles. The van der Waals surface area contributed by atoms with Crippen LogP contribution < -0.4 is 5.32 Å². The molecule has 204 valence electrons. The van der Waals surface area contributed by atoms with Crippen LogP contribution in [-0.2, 0) is 9.47 Å². The number of hydrogen-bond acceptors (Lipinski definition) is 7. The summed E-state index contributed by atoms with van der Waals surface area (Å²) in [6.07, 6.45) is 3.16. The Hall–Kier alpha value is -3.04. The molecule has 2 fully saturated rings. The lowest BCUT2D eigenvalue weighted by molar-refractivity contribution is 0.0235. The summed E-state index contributed by atoms with van der Waals surface area (Å²) < 4.78 is 13.3. The summed E-state index contributed by atoms with van der Waals surface area (Å²) in [4.78, 5) is 38.0. The van der Waals surface area contributed by atoms with Crippen molar-refractivity contribution in [1.29, 1.82) is 0 Å². The van der Waals surface area contributed by atoms with Crippen LogP contribution in [-0.4, -0.2) is 80.4 Å². The fourth-order valence-electron chi connectivity index (χ4n) is 4.77. The Bertz CT molecular complexity index is 1110. The number of carbonyl (C=O) groups is 2. The van der Waals surface area contributed by atoms with Crippen LogP contribution in [0.15, 0.2) is 12.4 Å². The number of nitrogens with one attached hydrogen (secondary N) is 1. The minimum absolute atomic E-state index is 0.230. The van der Waals surface area contributed by atoms with Gasteiger partial charge in [0.1, 0.15) is 17.2 Å². The van der Waals surface area contributed by atoms with E-state index in [-0.39, 0.29) is 30.4 Å². The number of pyridine rings is 1. The molecule has 10 heteroatoms. The summed E-state index contributed by atoms with van der Waals surface area (Å²) in [6, 6.07) is 2.62. The molecule has 10 nitrogen and oxygen atoms in total. The predicted molar refractivity (Wildman–Crippen MR) is 143 cm³/mol. The fraction of sp³-hybridized carbons (Fsp3) is 0.704. The van der Waals surface area contributed by atoms with Crippen molar-refractivity contribution in [3.8, 4) is 0 Å². The zero-order valence-corrected chi connectivity index (χ0v) is 23.3. The Morgan fingerprint density at radius 1 is 1.03 bits per heavy atom. The van der Waals surface area contributed by atoms with E-state index in [0.717, 1.165) is 35.4 Å². The summed E-state index contributed by atoms with van der Waals surface area (Å²) in [6.45, 7) is 16.2. The number of aromatic nitrogens is 3. The van der Waals surface area contributed by atoms with E-state index >= 15 is 0 Å². The minimum atomic E-state index is -0.545. The van der Waals surface area contributed by atoms with E-state index in [2.05, 4.69) is 48.6 Å². The molecule has 2 aliphatic rings. The van der Waals surface area contributed by atoms with Gasteiger partial charge in [-0.2, -0.15) is 0 Å². The highest BCUT2D eigenvalue weighted by Gasteiger charge is 2.33. The number of piperidine rings is 1. The van der Waals surface area contributed by atoms with E-state index in [1.54, 1.807) is 9.80 Å². The molecule has 0 radical (unpaired) electrons. The van der Waals surface area contributed by atoms with E-state index in [1.165, 1.54) is 0 Å². The molecule has 2 aromatic rings. The second kappa shape index (κ2) is 10.8. The molecule has 2 amide bonds. The largest absolute Gasteiger partial charge is 0.444 e. The maximum atomic E-state index is 12.8. The van der Waals surface area contributed by atoms with Gasteiger partial charge < -0.3 is 29.2 Å². The molecule has 1 N–H and O–H groups in total. The zero-order chi connectivity index (χ0) is 26.9. The van der Waals surface area contributed by atoms with Gasteiger partial charge >= 0.3 is 12.2 Å². The van der Waals surface area contributed by atoms with E-state index in [4.69, 9.17) is 14.5 Å². The van der Waals surface area contributed by atoms with Crippen molar-refractivity contribution in [2.24, 2.45) is 0 Å².